The Morgan fingerprint density at radius 3 is 2.34 bits per heavy atom. The smallest absolute Gasteiger partial charge is 0.338 e. The predicted octanol–water partition coefficient (Wildman–Crippen LogP) is 5.99. The van der Waals surface area contributed by atoms with Crippen molar-refractivity contribution in [3.8, 4) is 11.1 Å². The third-order valence-corrected chi connectivity index (χ3v) is 8.36. The van der Waals surface area contributed by atoms with Gasteiger partial charge in [-0.3, -0.25) is 0 Å². The Morgan fingerprint density at radius 2 is 1.55 bits per heavy atom. The van der Waals surface area contributed by atoms with Crippen LogP contribution in [0.4, 0.5) is 0 Å². The molecule has 29 heavy (non-hydrogen) atoms. The van der Waals surface area contributed by atoms with Gasteiger partial charge in [0.15, 0.2) is 0 Å². The van der Waals surface area contributed by atoms with Crippen LogP contribution in [0.3, 0.4) is 0 Å². The summed E-state index contributed by atoms with van der Waals surface area (Å²) < 4.78 is 5.66. The SMILES string of the molecule is O=C(OCCC1CC2CC1C1C3C=CC(C3)C21)c1ccc(-c2ccccc2)cc1. The monoisotopic (exact) mass is 384 g/mol. The number of esters is 1. The molecule has 2 nitrogen and oxygen atoms in total. The number of rotatable bonds is 5. The third-order valence-electron chi connectivity index (χ3n) is 8.36. The standard InChI is InChI=1S/C27H28O2/c28-27(19-8-6-18(7-9-19)17-4-2-1-3-5-17)29-13-12-20-14-23-16-24(20)26-22-11-10-21(15-22)25(23)26/h1-11,20-26H,12-16H2. The van der Waals surface area contributed by atoms with Gasteiger partial charge in [0.05, 0.1) is 12.2 Å². The fourth-order valence-corrected chi connectivity index (χ4v) is 7.30. The molecular weight excluding hydrogens is 356 g/mol. The summed E-state index contributed by atoms with van der Waals surface area (Å²) in [6.45, 7) is 0.564. The molecule has 2 heteroatoms. The van der Waals surface area contributed by atoms with Crippen molar-refractivity contribution in [2.45, 2.75) is 25.7 Å². The van der Waals surface area contributed by atoms with Crippen molar-refractivity contribution >= 4 is 5.97 Å². The Balaban J connectivity index is 1.04. The fraction of sp³-hybridized carbons (Fsp3) is 0.444. The maximum absolute atomic E-state index is 12.5. The van der Waals surface area contributed by atoms with E-state index in [1.807, 2.05) is 42.5 Å². The maximum atomic E-state index is 12.5. The van der Waals surface area contributed by atoms with Crippen LogP contribution >= 0.6 is 0 Å². The zero-order valence-electron chi connectivity index (χ0n) is 16.7. The fourth-order valence-electron chi connectivity index (χ4n) is 7.30. The molecular formula is C27H28O2. The molecule has 4 aliphatic rings. The minimum Gasteiger partial charge on any atom is -0.462 e. The number of allylic oxidation sites excluding steroid dienone is 2. The van der Waals surface area contributed by atoms with Crippen LogP contribution in [0.1, 0.15) is 36.0 Å². The molecule has 0 amide bonds. The maximum Gasteiger partial charge on any atom is 0.338 e. The van der Waals surface area contributed by atoms with Crippen molar-refractivity contribution in [1.29, 1.82) is 0 Å². The second-order valence-corrected chi connectivity index (χ2v) is 9.63. The second-order valence-electron chi connectivity index (χ2n) is 9.63. The Bertz CT molecular complexity index is 929. The van der Waals surface area contributed by atoms with Crippen molar-refractivity contribution < 1.29 is 9.53 Å². The molecule has 4 aliphatic carbocycles. The van der Waals surface area contributed by atoms with Gasteiger partial charge in [0.25, 0.3) is 0 Å². The van der Waals surface area contributed by atoms with E-state index in [-0.39, 0.29) is 5.97 Å². The van der Waals surface area contributed by atoms with Crippen molar-refractivity contribution in [3.63, 3.8) is 0 Å². The van der Waals surface area contributed by atoms with Crippen LogP contribution < -0.4 is 0 Å². The Morgan fingerprint density at radius 1 is 0.828 bits per heavy atom. The molecule has 3 fully saturated rings. The van der Waals surface area contributed by atoms with Gasteiger partial charge < -0.3 is 4.74 Å². The average Bonchev–Trinajstić information content (AvgIpc) is 3.54. The summed E-state index contributed by atoms with van der Waals surface area (Å²) in [6, 6.07) is 18.0. The highest BCUT2D eigenvalue weighted by atomic mass is 16.5. The number of carbonyl (C=O) groups is 1. The zero-order valence-corrected chi connectivity index (χ0v) is 16.7. The zero-order chi connectivity index (χ0) is 19.4. The minimum absolute atomic E-state index is 0.187. The Hall–Kier alpha value is -2.35. The molecule has 4 bridgehead atoms. The summed E-state index contributed by atoms with van der Waals surface area (Å²) >= 11 is 0. The first-order chi connectivity index (χ1) is 14.3. The van der Waals surface area contributed by atoms with E-state index in [0.29, 0.717) is 12.2 Å². The summed E-state index contributed by atoms with van der Waals surface area (Å²) in [5.74, 6) is 6.07. The summed E-state index contributed by atoms with van der Waals surface area (Å²) in [5, 5.41) is 0. The number of carbonyl (C=O) groups excluding carboxylic acids is 1. The van der Waals surface area contributed by atoms with Crippen LogP contribution in [0.5, 0.6) is 0 Å². The van der Waals surface area contributed by atoms with E-state index in [1.165, 1.54) is 19.3 Å². The summed E-state index contributed by atoms with van der Waals surface area (Å²) in [4.78, 5) is 12.5. The van der Waals surface area contributed by atoms with Crippen LogP contribution in [0.25, 0.3) is 11.1 Å². The van der Waals surface area contributed by atoms with E-state index in [1.54, 1.807) is 0 Å². The quantitative estimate of drug-likeness (QED) is 0.359. The molecule has 0 heterocycles. The lowest BCUT2D eigenvalue weighted by atomic mass is 9.69. The van der Waals surface area contributed by atoms with E-state index in [0.717, 1.165) is 59.0 Å². The predicted molar refractivity (Wildman–Crippen MR) is 114 cm³/mol. The van der Waals surface area contributed by atoms with Crippen LogP contribution in [-0.4, -0.2) is 12.6 Å². The van der Waals surface area contributed by atoms with Gasteiger partial charge in [-0.15, -0.1) is 0 Å². The number of ether oxygens (including phenoxy) is 1. The topological polar surface area (TPSA) is 26.3 Å². The molecule has 0 aromatic heterocycles. The first-order valence-electron chi connectivity index (χ1n) is 11.3. The summed E-state index contributed by atoms with van der Waals surface area (Å²) in [7, 11) is 0. The molecule has 3 saturated carbocycles. The van der Waals surface area contributed by atoms with Crippen LogP contribution in [0.2, 0.25) is 0 Å². The van der Waals surface area contributed by atoms with Gasteiger partial charge in [-0.2, -0.15) is 0 Å². The number of benzene rings is 2. The van der Waals surface area contributed by atoms with Gasteiger partial charge in [-0.25, -0.2) is 4.79 Å². The molecule has 0 N–H and O–H groups in total. The van der Waals surface area contributed by atoms with E-state index < -0.39 is 0 Å². The van der Waals surface area contributed by atoms with Gasteiger partial charge >= 0.3 is 5.97 Å². The molecule has 2 aromatic carbocycles. The molecule has 7 unspecified atom stereocenters. The van der Waals surface area contributed by atoms with Gasteiger partial charge in [0, 0.05) is 0 Å². The van der Waals surface area contributed by atoms with E-state index >= 15 is 0 Å². The van der Waals surface area contributed by atoms with Crippen LogP contribution in [0, 0.1) is 41.4 Å². The Labute approximate surface area is 173 Å². The largest absolute Gasteiger partial charge is 0.462 e. The third kappa shape index (κ3) is 2.87. The molecule has 0 aliphatic heterocycles. The van der Waals surface area contributed by atoms with Crippen molar-refractivity contribution in [2.24, 2.45) is 41.4 Å². The second kappa shape index (κ2) is 6.86. The van der Waals surface area contributed by atoms with Gasteiger partial charge in [0.2, 0.25) is 0 Å². The highest BCUT2D eigenvalue weighted by Crippen LogP contribution is 2.67. The van der Waals surface area contributed by atoms with Crippen LogP contribution in [0.15, 0.2) is 66.7 Å². The van der Waals surface area contributed by atoms with E-state index in [2.05, 4.69) is 24.3 Å². The molecule has 2 aromatic rings. The first-order valence-corrected chi connectivity index (χ1v) is 11.3. The van der Waals surface area contributed by atoms with E-state index in [4.69, 9.17) is 4.74 Å². The molecule has 7 atom stereocenters. The van der Waals surface area contributed by atoms with Crippen LogP contribution in [-0.2, 0) is 4.74 Å². The number of hydrogen-bond donors (Lipinski definition) is 0. The van der Waals surface area contributed by atoms with E-state index in [9.17, 15) is 4.79 Å². The van der Waals surface area contributed by atoms with Crippen molar-refractivity contribution in [2.75, 3.05) is 6.61 Å². The number of fused-ring (bicyclic) bond motifs is 9. The van der Waals surface area contributed by atoms with Gasteiger partial charge in [-0.05, 0) is 90.4 Å². The molecule has 0 radical (unpaired) electrons. The minimum atomic E-state index is -0.187. The van der Waals surface area contributed by atoms with Crippen molar-refractivity contribution in [1.82, 2.24) is 0 Å². The highest BCUT2D eigenvalue weighted by molar-refractivity contribution is 5.90. The summed E-state index contributed by atoms with van der Waals surface area (Å²) in [6.07, 6.45) is 10.3. The summed E-state index contributed by atoms with van der Waals surface area (Å²) in [5.41, 5.74) is 2.94. The molecule has 0 saturated heterocycles. The molecule has 148 valence electrons. The van der Waals surface area contributed by atoms with Crippen molar-refractivity contribution in [3.05, 3.63) is 72.3 Å². The molecule has 0 spiro atoms. The average molecular weight is 385 g/mol. The first kappa shape index (κ1) is 17.5. The van der Waals surface area contributed by atoms with Gasteiger partial charge in [0.1, 0.15) is 0 Å². The normalized spacial score (nSPS) is 35.8. The lowest BCUT2D eigenvalue weighted by Crippen LogP contribution is -2.31. The number of hydrogen-bond acceptors (Lipinski definition) is 2. The lowest BCUT2D eigenvalue weighted by molar-refractivity contribution is 0.0443. The molecule has 6 rings (SSSR count). The highest BCUT2D eigenvalue weighted by Gasteiger charge is 2.60. The van der Waals surface area contributed by atoms with Gasteiger partial charge in [-0.1, -0.05) is 54.6 Å². The lowest BCUT2D eigenvalue weighted by Gasteiger charge is -2.36. The Kier molecular flexibility index (Phi) is 4.14.